The highest BCUT2D eigenvalue weighted by atomic mass is 16.5. The molecule has 5 heteroatoms. The molecule has 0 aliphatic heterocycles. The molecule has 2 rings (SSSR count). The summed E-state index contributed by atoms with van der Waals surface area (Å²) >= 11 is 0. The summed E-state index contributed by atoms with van der Waals surface area (Å²) in [6, 6.07) is 13.4. The average Bonchev–Trinajstić information content (AvgIpc) is 2.61. The predicted octanol–water partition coefficient (Wildman–Crippen LogP) is 3.05. The van der Waals surface area contributed by atoms with Crippen LogP contribution >= 0.6 is 0 Å². The van der Waals surface area contributed by atoms with Crippen molar-refractivity contribution in [2.45, 2.75) is 13.3 Å². The fraction of sp³-hybridized carbons (Fsp3) is 0.368. The van der Waals surface area contributed by atoms with Crippen molar-refractivity contribution in [1.29, 1.82) is 0 Å². The second kappa shape index (κ2) is 9.67. The standard InChI is InChI=1S/C19H25NO4/c1-3-22-16-8-4-5-9-17(16)23-13-14-24-19-15(11-12-20)7-6-10-18(19)21-2/h4-10H,3,11-14,20H2,1-2H3. The summed E-state index contributed by atoms with van der Waals surface area (Å²) in [6.45, 7) is 3.91. The molecule has 0 aliphatic carbocycles. The highest BCUT2D eigenvalue weighted by molar-refractivity contribution is 5.46. The van der Waals surface area contributed by atoms with Gasteiger partial charge in [-0.25, -0.2) is 0 Å². The van der Waals surface area contributed by atoms with Gasteiger partial charge in [0.15, 0.2) is 23.0 Å². The monoisotopic (exact) mass is 331 g/mol. The number of hydrogen-bond donors (Lipinski definition) is 1. The van der Waals surface area contributed by atoms with Crippen LogP contribution in [0.25, 0.3) is 0 Å². The number of hydrogen-bond acceptors (Lipinski definition) is 5. The summed E-state index contributed by atoms with van der Waals surface area (Å²) in [5.41, 5.74) is 6.70. The highest BCUT2D eigenvalue weighted by Crippen LogP contribution is 2.31. The van der Waals surface area contributed by atoms with Gasteiger partial charge in [-0.3, -0.25) is 0 Å². The van der Waals surface area contributed by atoms with Crippen molar-refractivity contribution in [3.05, 3.63) is 48.0 Å². The first-order valence-electron chi connectivity index (χ1n) is 8.13. The summed E-state index contributed by atoms with van der Waals surface area (Å²) in [4.78, 5) is 0. The largest absolute Gasteiger partial charge is 0.493 e. The van der Waals surface area contributed by atoms with E-state index in [0.29, 0.717) is 37.9 Å². The lowest BCUT2D eigenvalue weighted by atomic mass is 10.1. The Labute approximate surface area is 143 Å². The van der Waals surface area contributed by atoms with Crippen molar-refractivity contribution in [3.8, 4) is 23.0 Å². The predicted molar refractivity (Wildman–Crippen MR) is 94.4 cm³/mol. The maximum atomic E-state index is 5.89. The maximum Gasteiger partial charge on any atom is 0.164 e. The summed E-state index contributed by atoms with van der Waals surface area (Å²) in [5, 5.41) is 0. The van der Waals surface area contributed by atoms with Crippen LogP contribution in [0.4, 0.5) is 0 Å². The molecule has 0 aromatic heterocycles. The minimum Gasteiger partial charge on any atom is -0.493 e. The van der Waals surface area contributed by atoms with E-state index in [2.05, 4.69) is 0 Å². The number of benzene rings is 2. The zero-order chi connectivity index (χ0) is 17.2. The lowest BCUT2D eigenvalue weighted by Gasteiger charge is -2.16. The molecule has 0 atom stereocenters. The van der Waals surface area contributed by atoms with Crippen molar-refractivity contribution >= 4 is 0 Å². The van der Waals surface area contributed by atoms with E-state index < -0.39 is 0 Å². The highest BCUT2D eigenvalue weighted by Gasteiger charge is 2.10. The summed E-state index contributed by atoms with van der Waals surface area (Å²) in [7, 11) is 1.63. The van der Waals surface area contributed by atoms with Gasteiger partial charge in [-0.1, -0.05) is 24.3 Å². The van der Waals surface area contributed by atoms with E-state index in [1.54, 1.807) is 7.11 Å². The molecule has 0 heterocycles. The van der Waals surface area contributed by atoms with Crippen molar-refractivity contribution in [3.63, 3.8) is 0 Å². The normalized spacial score (nSPS) is 10.3. The Morgan fingerprint density at radius 3 is 2.17 bits per heavy atom. The van der Waals surface area contributed by atoms with E-state index >= 15 is 0 Å². The average molecular weight is 331 g/mol. The van der Waals surface area contributed by atoms with Crippen LogP contribution in [0.15, 0.2) is 42.5 Å². The van der Waals surface area contributed by atoms with Gasteiger partial charge in [0.05, 0.1) is 13.7 Å². The van der Waals surface area contributed by atoms with Gasteiger partial charge in [0.2, 0.25) is 0 Å². The van der Waals surface area contributed by atoms with E-state index in [1.807, 2.05) is 49.4 Å². The molecule has 5 nitrogen and oxygen atoms in total. The molecule has 0 spiro atoms. The van der Waals surface area contributed by atoms with Crippen LogP contribution in [-0.4, -0.2) is 33.5 Å². The molecule has 2 N–H and O–H groups in total. The summed E-state index contributed by atoms with van der Waals surface area (Å²) in [6.07, 6.45) is 0.737. The number of methoxy groups -OCH3 is 1. The van der Waals surface area contributed by atoms with E-state index in [9.17, 15) is 0 Å². The first-order valence-corrected chi connectivity index (χ1v) is 8.13. The molecule has 0 bridgehead atoms. The SMILES string of the molecule is CCOc1ccccc1OCCOc1c(CCN)cccc1OC. The summed E-state index contributed by atoms with van der Waals surface area (Å²) < 4.78 is 22.6. The Morgan fingerprint density at radius 2 is 1.50 bits per heavy atom. The van der Waals surface area contributed by atoms with Gasteiger partial charge in [-0.15, -0.1) is 0 Å². The Hall–Kier alpha value is -2.40. The van der Waals surface area contributed by atoms with Crippen LogP contribution in [0.5, 0.6) is 23.0 Å². The van der Waals surface area contributed by atoms with Crippen molar-refractivity contribution < 1.29 is 18.9 Å². The van der Waals surface area contributed by atoms with Crippen LogP contribution in [0.2, 0.25) is 0 Å². The first-order chi connectivity index (χ1) is 11.8. The van der Waals surface area contributed by atoms with Gasteiger partial charge in [-0.2, -0.15) is 0 Å². The van der Waals surface area contributed by atoms with Crippen LogP contribution < -0.4 is 24.7 Å². The molecule has 0 saturated carbocycles. The Bertz CT molecular complexity index is 631. The zero-order valence-corrected chi connectivity index (χ0v) is 14.3. The molecule has 0 aliphatic rings. The van der Waals surface area contributed by atoms with Crippen molar-refractivity contribution in [2.75, 3.05) is 33.5 Å². The maximum absolute atomic E-state index is 5.89. The zero-order valence-electron chi connectivity index (χ0n) is 14.3. The van der Waals surface area contributed by atoms with Crippen LogP contribution in [0.1, 0.15) is 12.5 Å². The lowest BCUT2D eigenvalue weighted by Crippen LogP contribution is -2.12. The van der Waals surface area contributed by atoms with E-state index in [4.69, 9.17) is 24.7 Å². The van der Waals surface area contributed by atoms with Gasteiger partial charge >= 0.3 is 0 Å². The van der Waals surface area contributed by atoms with Gasteiger partial charge in [0, 0.05) is 0 Å². The van der Waals surface area contributed by atoms with E-state index in [0.717, 1.165) is 23.5 Å². The minimum atomic E-state index is 0.401. The third kappa shape index (κ3) is 4.80. The first kappa shape index (κ1) is 17.9. The number of nitrogens with two attached hydrogens (primary N) is 1. The minimum absolute atomic E-state index is 0.401. The van der Waals surface area contributed by atoms with Crippen molar-refractivity contribution in [1.82, 2.24) is 0 Å². The van der Waals surface area contributed by atoms with Gasteiger partial charge in [0.1, 0.15) is 13.2 Å². The molecule has 0 amide bonds. The number of para-hydroxylation sites is 3. The summed E-state index contributed by atoms with van der Waals surface area (Å²) in [5.74, 6) is 2.88. The third-order valence-corrected chi connectivity index (χ3v) is 3.43. The molecule has 2 aromatic carbocycles. The Morgan fingerprint density at radius 1 is 0.833 bits per heavy atom. The molecular weight excluding hydrogens is 306 g/mol. The number of rotatable bonds is 10. The fourth-order valence-electron chi connectivity index (χ4n) is 2.38. The van der Waals surface area contributed by atoms with Crippen LogP contribution in [0, 0.1) is 0 Å². The fourth-order valence-corrected chi connectivity index (χ4v) is 2.38. The molecule has 0 unspecified atom stereocenters. The molecular formula is C19H25NO4. The van der Waals surface area contributed by atoms with Gasteiger partial charge in [-0.05, 0) is 43.7 Å². The molecule has 0 fully saturated rings. The molecule has 130 valence electrons. The second-order valence-corrected chi connectivity index (χ2v) is 5.06. The Balaban J connectivity index is 1.95. The van der Waals surface area contributed by atoms with Crippen LogP contribution in [0.3, 0.4) is 0 Å². The van der Waals surface area contributed by atoms with Gasteiger partial charge in [0.25, 0.3) is 0 Å². The molecule has 0 radical (unpaired) electrons. The molecule has 0 saturated heterocycles. The smallest absolute Gasteiger partial charge is 0.164 e. The second-order valence-electron chi connectivity index (χ2n) is 5.06. The number of ether oxygens (including phenoxy) is 4. The van der Waals surface area contributed by atoms with Gasteiger partial charge < -0.3 is 24.7 Å². The quantitative estimate of drug-likeness (QED) is 0.678. The topological polar surface area (TPSA) is 62.9 Å². The van der Waals surface area contributed by atoms with E-state index in [1.165, 1.54) is 0 Å². The molecule has 24 heavy (non-hydrogen) atoms. The molecule has 2 aromatic rings. The lowest BCUT2D eigenvalue weighted by molar-refractivity contribution is 0.202. The van der Waals surface area contributed by atoms with Crippen LogP contribution in [-0.2, 0) is 6.42 Å². The third-order valence-electron chi connectivity index (χ3n) is 3.43. The van der Waals surface area contributed by atoms with E-state index in [-0.39, 0.29) is 0 Å². The van der Waals surface area contributed by atoms with Crippen molar-refractivity contribution in [2.24, 2.45) is 5.73 Å². The Kier molecular flexibility index (Phi) is 7.23.